The van der Waals surface area contributed by atoms with Gasteiger partial charge in [-0.2, -0.15) is 4.98 Å². The van der Waals surface area contributed by atoms with Crippen molar-refractivity contribution in [2.24, 2.45) is 0 Å². The highest BCUT2D eigenvalue weighted by Gasteiger charge is 2.34. The average molecular weight is 514 g/mol. The summed E-state index contributed by atoms with van der Waals surface area (Å²) in [5, 5.41) is 23.5. The maximum Gasteiger partial charge on any atom is 0.264 e. The molecule has 0 amide bonds. The third-order valence-corrected chi connectivity index (χ3v) is 6.23. The third-order valence-electron chi connectivity index (χ3n) is 6.23. The summed E-state index contributed by atoms with van der Waals surface area (Å²) in [5.74, 6) is 1.26. The summed E-state index contributed by atoms with van der Waals surface area (Å²) in [7, 11) is 3.06. The van der Waals surface area contributed by atoms with Crippen LogP contribution in [0.2, 0.25) is 0 Å². The molecular weight excluding hydrogens is 492 g/mol. The predicted octanol–water partition coefficient (Wildman–Crippen LogP) is 3.73. The largest absolute Gasteiger partial charge is 0.506 e. The van der Waals surface area contributed by atoms with Gasteiger partial charge in [0.15, 0.2) is 0 Å². The van der Waals surface area contributed by atoms with E-state index in [9.17, 15) is 9.90 Å². The summed E-state index contributed by atoms with van der Waals surface area (Å²) < 4.78 is 22.2. The molecule has 4 heterocycles. The normalized spacial score (nSPS) is 13.0. The zero-order valence-electron chi connectivity index (χ0n) is 20.5. The minimum atomic E-state index is -0.549. The van der Waals surface area contributed by atoms with Crippen molar-refractivity contribution in [1.29, 1.82) is 0 Å². The van der Waals surface area contributed by atoms with Gasteiger partial charge in [-0.25, -0.2) is 0 Å². The van der Waals surface area contributed by atoms with Crippen LogP contribution in [0.3, 0.4) is 0 Å². The molecule has 6 rings (SSSR count). The molecule has 12 heteroatoms. The van der Waals surface area contributed by atoms with Crippen LogP contribution in [0.1, 0.15) is 36.2 Å². The van der Waals surface area contributed by atoms with Gasteiger partial charge in [-0.3, -0.25) is 9.78 Å². The molecule has 1 fully saturated rings. The van der Waals surface area contributed by atoms with Crippen molar-refractivity contribution in [3.63, 3.8) is 0 Å². The third kappa shape index (κ3) is 4.15. The summed E-state index contributed by atoms with van der Waals surface area (Å²) in [5.41, 5.74) is 1.37. The van der Waals surface area contributed by atoms with Gasteiger partial charge in [0.05, 0.1) is 25.3 Å². The number of benzene rings is 1. The second-order valence-electron chi connectivity index (χ2n) is 8.68. The lowest BCUT2D eigenvalue weighted by molar-refractivity contribution is 0.373. The second kappa shape index (κ2) is 9.47. The smallest absolute Gasteiger partial charge is 0.264 e. The van der Waals surface area contributed by atoms with Gasteiger partial charge < -0.3 is 28.5 Å². The van der Waals surface area contributed by atoms with Crippen LogP contribution in [0.15, 0.2) is 56.3 Å². The Kier molecular flexibility index (Phi) is 5.83. The van der Waals surface area contributed by atoms with Crippen LogP contribution in [0, 0.1) is 0 Å². The average Bonchev–Trinajstić information content (AvgIpc) is 3.52. The van der Waals surface area contributed by atoms with E-state index >= 15 is 0 Å². The number of aromatic nitrogens is 6. The lowest BCUT2D eigenvalue weighted by Gasteiger charge is -2.18. The molecular formula is C26H22N6O6. The number of rotatable bonds is 8. The van der Waals surface area contributed by atoms with E-state index < -0.39 is 5.56 Å². The molecule has 12 nitrogen and oxygen atoms in total. The molecule has 0 atom stereocenters. The highest BCUT2D eigenvalue weighted by Crippen LogP contribution is 2.51. The van der Waals surface area contributed by atoms with E-state index in [-0.39, 0.29) is 41.3 Å². The first kappa shape index (κ1) is 23.4. The summed E-state index contributed by atoms with van der Waals surface area (Å²) in [6.45, 7) is 0. The van der Waals surface area contributed by atoms with Crippen LogP contribution in [-0.4, -0.2) is 49.6 Å². The second-order valence-corrected chi connectivity index (χ2v) is 8.68. The number of methoxy groups -OCH3 is 2. The predicted molar refractivity (Wildman–Crippen MR) is 133 cm³/mol. The lowest BCUT2D eigenvalue weighted by atomic mass is 9.96. The Morgan fingerprint density at radius 1 is 1.00 bits per heavy atom. The molecule has 192 valence electrons. The van der Waals surface area contributed by atoms with E-state index in [1.165, 1.54) is 14.2 Å². The quantitative estimate of drug-likeness (QED) is 0.310. The Morgan fingerprint density at radius 2 is 1.79 bits per heavy atom. The minimum absolute atomic E-state index is 0.0266. The fourth-order valence-corrected chi connectivity index (χ4v) is 4.32. The molecule has 0 saturated heterocycles. The van der Waals surface area contributed by atoms with E-state index in [1.807, 2.05) is 6.07 Å². The van der Waals surface area contributed by atoms with Gasteiger partial charge >= 0.3 is 0 Å². The zero-order chi connectivity index (χ0) is 26.2. The molecule has 1 aliphatic carbocycles. The molecule has 0 aliphatic heterocycles. The van der Waals surface area contributed by atoms with Crippen LogP contribution in [0.25, 0.3) is 34.1 Å². The number of pyridine rings is 2. The SMILES string of the molecule is COc1cccc(OC)c1-c1c(C2CC2)[nH]c(=O)c(-c2nnc(Cc3nc(-c4ccccn4)no3)o2)c1O. The first-order valence-electron chi connectivity index (χ1n) is 11.8. The van der Waals surface area contributed by atoms with Crippen LogP contribution >= 0.6 is 0 Å². The van der Waals surface area contributed by atoms with E-state index in [0.717, 1.165) is 12.8 Å². The van der Waals surface area contributed by atoms with Crippen LogP contribution in [0.4, 0.5) is 0 Å². The molecule has 5 aromatic rings. The van der Waals surface area contributed by atoms with Gasteiger partial charge in [0.25, 0.3) is 11.4 Å². The van der Waals surface area contributed by atoms with Crippen molar-refractivity contribution in [3.05, 3.63) is 70.4 Å². The van der Waals surface area contributed by atoms with E-state index in [0.29, 0.717) is 39.8 Å². The van der Waals surface area contributed by atoms with Gasteiger partial charge in [0, 0.05) is 11.9 Å². The summed E-state index contributed by atoms with van der Waals surface area (Å²) in [6, 6.07) is 10.7. The van der Waals surface area contributed by atoms with Gasteiger partial charge in [-0.15, -0.1) is 10.2 Å². The number of nitrogens with one attached hydrogen (secondary N) is 1. The minimum Gasteiger partial charge on any atom is -0.506 e. The summed E-state index contributed by atoms with van der Waals surface area (Å²) >= 11 is 0. The summed E-state index contributed by atoms with van der Waals surface area (Å²) in [4.78, 5) is 24.6. The van der Waals surface area contributed by atoms with Crippen LogP contribution < -0.4 is 15.0 Å². The van der Waals surface area contributed by atoms with Gasteiger partial charge in [0.1, 0.15) is 34.9 Å². The molecule has 1 aromatic carbocycles. The molecule has 0 spiro atoms. The first-order valence-corrected chi connectivity index (χ1v) is 11.8. The number of H-pyrrole nitrogens is 1. The number of aromatic amines is 1. The number of hydrogen-bond acceptors (Lipinski definition) is 11. The molecule has 0 unspecified atom stereocenters. The summed E-state index contributed by atoms with van der Waals surface area (Å²) in [6.07, 6.45) is 3.42. The fourth-order valence-electron chi connectivity index (χ4n) is 4.32. The van der Waals surface area contributed by atoms with Crippen molar-refractivity contribution in [1.82, 2.24) is 30.3 Å². The Balaban J connectivity index is 1.40. The number of hydrogen-bond donors (Lipinski definition) is 2. The Hall–Kier alpha value is -5.00. The van der Waals surface area contributed by atoms with E-state index in [4.69, 9.17) is 18.4 Å². The first-order chi connectivity index (χ1) is 18.6. The molecule has 0 bridgehead atoms. The van der Waals surface area contributed by atoms with E-state index in [2.05, 4.69) is 30.3 Å². The van der Waals surface area contributed by atoms with Crippen molar-refractivity contribution < 1.29 is 23.5 Å². The highest BCUT2D eigenvalue weighted by atomic mass is 16.5. The van der Waals surface area contributed by atoms with Gasteiger partial charge in [-0.05, 0) is 43.0 Å². The molecule has 2 N–H and O–H groups in total. The molecule has 0 radical (unpaired) electrons. The van der Waals surface area contributed by atoms with Crippen molar-refractivity contribution in [2.75, 3.05) is 14.2 Å². The Morgan fingerprint density at radius 3 is 2.47 bits per heavy atom. The topological polar surface area (TPSA) is 162 Å². The van der Waals surface area contributed by atoms with Crippen molar-refractivity contribution >= 4 is 0 Å². The van der Waals surface area contributed by atoms with E-state index in [1.54, 1.807) is 36.5 Å². The zero-order valence-corrected chi connectivity index (χ0v) is 20.5. The Bertz CT molecular complexity index is 1650. The molecule has 1 aliphatic rings. The van der Waals surface area contributed by atoms with Gasteiger partial charge in [0.2, 0.25) is 17.6 Å². The monoisotopic (exact) mass is 514 g/mol. The number of nitrogens with zero attached hydrogens (tertiary/aromatic N) is 5. The fraction of sp³-hybridized carbons (Fsp3) is 0.231. The molecule has 1 saturated carbocycles. The van der Waals surface area contributed by atoms with Crippen LogP contribution in [0.5, 0.6) is 17.2 Å². The Labute approximate surface area is 215 Å². The maximum absolute atomic E-state index is 13.2. The number of aromatic hydroxyl groups is 1. The highest BCUT2D eigenvalue weighted by molar-refractivity contribution is 5.87. The standard InChI is InChI=1S/C26H22N6O6/c1-35-15-7-5-8-16(36-2)19(15)20-22(13-9-10-13)29-25(34)21(23(20)33)26-31-30-18(37-26)12-17-28-24(32-38-17)14-6-3-4-11-27-14/h3-8,11,13H,9-10,12H2,1-2H3,(H2,29,33,34). The number of ether oxygens (including phenoxy) is 2. The maximum atomic E-state index is 13.2. The molecule has 4 aromatic heterocycles. The van der Waals surface area contributed by atoms with Crippen LogP contribution in [-0.2, 0) is 6.42 Å². The van der Waals surface area contributed by atoms with Crippen molar-refractivity contribution in [2.45, 2.75) is 25.2 Å². The lowest BCUT2D eigenvalue weighted by Crippen LogP contribution is -2.14. The van der Waals surface area contributed by atoms with Gasteiger partial charge in [-0.1, -0.05) is 17.3 Å². The molecule has 38 heavy (non-hydrogen) atoms. The van der Waals surface area contributed by atoms with Crippen molar-refractivity contribution in [3.8, 4) is 51.3 Å².